The van der Waals surface area contributed by atoms with Gasteiger partial charge in [-0.3, -0.25) is 4.79 Å². The van der Waals surface area contributed by atoms with Crippen molar-refractivity contribution in [1.82, 2.24) is 9.80 Å². The molecule has 1 saturated carbocycles. The number of nitrogens with two attached hydrogens (primary N) is 1. The highest BCUT2D eigenvalue weighted by atomic mass is 16.2. The Kier molecular flexibility index (Phi) is 4.99. The number of carbonyl (C=O) groups is 1. The summed E-state index contributed by atoms with van der Waals surface area (Å²) in [5.74, 6) is 0.839. The molecule has 1 heterocycles. The number of likely N-dealkylation sites (N-methyl/N-ethyl adjacent to an activating group) is 2. The zero-order valence-electron chi connectivity index (χ0n) is 14.4. The Hall–Kier alpha value is -0.610. The van der Waals surface area contributed by atoms with E-state index < -0.39 is 0 Å². The highest BCUT2D eigenvalue weighted by molar-refractivity contribution is 5.80. The number of likely N-dealkylation sites (tertiary alicyclic amines) is 1. The third kappa shape index (κ3) is 3.26. The van der Waals surface area contributed by atoms with Crippen LogP contribution in [-0.2, 0) is 4.79 Å². The number of hydrogen-bond acceptors (Lipinski definition) is 3. The first kappa shape index (κ1) is 16.8. The molecule has 21 heavy (non-hydrogen) atoms. The second-order valence-electron chi connectivity index (χ2n) is 7.91. The van der Waals surface area contributed by atoms with Crippen LogP contribution in [0.1, 0.15) is 46.5 Å². The smallest absolute Gasteiger partial charge is 0.226 e. The van der Waals surface area contributed by atoms with Gasteiger partial charge in [0.25, 0.3) is 0 Å². The van der Waals surface area contributed by atoms with E-state index in [1.807, 2.05) is 11.9 Å². The maximum Gasteiger partial charge on any atom is 0.226 e. The van der Waals surface area contributed by atoms with E-state index in [9.17, 15) is 4.79 Å². The molecule has 0 aromatic heterocycles. The van der Waals surface area contributed by atoms with Crippen LogP contribution in [-0.4, -0.2) is 55.0 Å². The largest absolute Gasteiger partial charge is 0.341 e. The van der Waals surface area contributed by atoms with Gasteiger partial charge in [-0.05, 0) is 50.6 Å². The highest BCUT2D eigenvalue weighted by Gasteiger charge is 2.46. The van der Waals surface area contributed by atoms with E-state index in [0.717, 1.165) is 32.4 Å². The Morgan fingerprint density at radius 1 is 1.29 bits per heavy atom. The van der Waals surface area contributed by atoms with E-state index in [0.29, 0.717) is 17.9 Å². The zero-order chi connectivity index (χ0) is 15.8. The molecule has 0 spiro atoms. The van der Waals surface area contributed by atoms with Gasteiger partial charge in [0.2, 0.25) is 5.91 Å². The van der Waals surface area contributed by atoms with Crippen molar-refractivity contribution in [3.8, 4) is 0 Å². The second-order valence-corrected chi connectivity index (χ2v) is 7.91. The fourth-order valence-electron chi connectivity index (χ4n) is 4.17. The van der Waals surface area contributed by atoms with Crippen LogP contribution in [0.5, 0.6) is 0 Å². The average molecular weight is 295 g/mol. The van der Waals surface area contributed by atoms with E-state index in [-0.39, 0.29) is 17.4 Å². The summed E-state index contributed by atoms with van der Waals surface area (Å²) in [7, 11) is 4.15. The topological polar surface area (TPSA) is 49.6 Å². The fourth-order valence-corrected chi connectivity index (χ4v) is 4.17. The quantitative estimate of drug-likeness (QED) is 0.847. The minimum absolute atomic E-state index is 0.0103. The molecule has 1 amide bonds. The van der Waals surface area contributed by atoms with Gasteiger partial charge in [0.05, 0.1) is 0 Å². The van der Waals surface area contributed by atoms with E-state index in [1.165, 1.54) is 6.42 Å². The lowest BCUT2D eigenvalue weighted by Gasteiger charge is -2.48. The SMILES string of the molecule is CC1C(N)CCC(C(=O)N(C)C2CCCN(C)C2)C1(C)C. The monoisotopic (exact) mass is 295 g/mol. The van der Waals surface area contributed by atoms with Crippen molar-refractivity contribution in [1.29, 1.82) is 0 Å². The summed E-state index contributed by atoms with van der Waals surface area (Å²) in [5, 5.41) is 0. The minimum atomic E-state index is -0.0103. The Labute approximate surface area is 130 Å². The van der Waals surface area contributed by atoms with Crippen molar-refractivity contribution < 1.29 is 4.79 Å². The molecule has 2 fully saturated rings. The summed E-state index contributed by atoms with van der Waals surface area (Å²) in [6.45, 7) is 8.81. The summed E-state index contributed by atoms with van der Waals surface area (Å²) in [6, 6.07) is 0.605. The van der Waals surface area contributed by atoms with Gasteiger partial charge in [0.15, 0.2) is 0 Å². The second kappa shape index (κ2) is 6.25. The van der Waals surface area contributed by atoms with Gasteiger partial charge in [0, 0.05) is 31.6 Å². The van der Waals surface area contributed by atoms with Gasteiger partial charge in [-0.1, -0.05) is 20.8 Å². The summed E-state index contributed by atoms with van der Waals surface area (Å²) in [5.41, 5.74) is 6.21. The van der Waals surface area contributed by atoms with Gasteiger partial charge < -0.3 is 15.5 Å². The molecule has 4 unspecified atom stereocenters. The number of hydrogen-bond donors (Lipinski definition) is 1. The average Bonchev–Trinajstić information content (AvgIpc) is 2.43. The zero-order valence-corrected chi connectivity index (χ0v) is 14.4. The lowest BCUT2D eigenvalue weighted by molar-refractivity contribution is -0.145. The van der Waals surface area contributed by atoms with Crippen LogP contribution in [0.2, 0.25) is 0 Å². The van der Waals surface area contributed by atoms with Gasteiger partial charge in [-0.2, -0.15) is 0 Å². The number of rotatable bonds is 2. The molecular weight excluding hydrogens is 262 g/mol. The molecule has 0 radical (unpaired) electrons. The van der Waals surface area contributed by atoms with E-state index in [2.05, 4.69) is 32.7 Å². The fraction of sp³-hybridized carbons (Fsp3) is 0.941. The Morgan fingerprint density at radius 3 is 2.57 bits per heavy atom. The molecule has 1 aliphatic heterocycles. The van der Waals surface area contributed by atoms with Crippen LogP contribution in [0.3, 0.4) is 0 Å². The molecule has 2 aliphatic rings. The van der Waals surface area contributed by atoms with Crippen LogP contribution >= 0.6 is 0 Å². The summed E-state index contributed by atoms with van der Waals surface area (Å²) < 4.78 is 0. The maximum absolute atomic E-state index is 13.0. The van der Waals surface area contributed by atoms with Crippen molar-refractivity contribution in [2.24, 2.45) is 23.0 Å². The summed E-state index contributed by atoms with van der Waals surface area (Å²) in [6.07, 6.45) is 4.23. The molecule has 4 nitrogen and oxygen atoms in total. The van der Waals surface area contributed by atoms with Crippen LogP contribution in [0.15, 0.2) is 0 Å². The molecule has 2 rings (SSSR count). The molecule has 122 valence electrons. The molecule has 0 aromatic rings. The molecule has 4 atom stereocenters. The normalized spacial score (nSPS) is 37.2. The molecule has 1 aliphatic carbocycles. The third-order valence-corrected chi connectivity index (χ3v) is 6.30. The molecular formula is C17H33N3O. The van der Waals surface area contributed by atoms with Crippen LogP contribution in [0.4, 0.5) is 0 Å². The first-order valence-corrected chi connectivity index (χ1v) is 8.46. The lowest BCUT2D eigenvalue weighted by atomic mass is 9.60. The van der Waals surface area contributed by atoms with Gasteiger partial charge >= 0.3 is 0 Å². The predicted octanol–water partition coefficient (Wildman–Crippen LogP) is 1.94. The first-order chi connectivity index (χ1) is 9.75. The van der Waals surface area contributed by atoms with Gasteiger partial charge in [0.1, 0.15) is 0 Å². The van der Waals surface area contributed by atoms with Crippen molar-refractivity contribution in [2.75, 3.05) is 27.2 Å². The van der Waals surface area contributed by atoms with E-state index in [1.54, 1.807) is 0 Å². The van der Waals surface area contributed by atoms with Crippen molar-refractivity contribution in [3.63, 3.8) is 0 Å². The van der Waals surface area contributed by atoms with Crippen molar-refractivity contribution in [3.05, 3.63) is 0 Å². The Balaban J connectivity index is 2.08. The molecule has 4 heteroatoms. The predicted molar refractivity (Wildman–Crippen MR) is 86.9 cm³/mol. The van der Waals surface area contributed by atoms with Crippen molar-refractivity contribution >= 4 is 5.91 Å². The van der Waals surface area contributed by atoms with Gasteiger partial charge in [-0.15, -0.1) is 0 Å². The minimum Gasteiger partial charge on any atom is -0.341 e. The number of nitrogens with zero attached hydrogens (tertiary/aromatic N) is 2. The first-order valence-electron chi connectivity index (χ1n) is 8.46. The third-order valence-electron chi connectivity index (χ3n) is 6.30. The number of carbonyl (C=O) groups excluding carboxylic acids is 1. The van der Waals surface area contributed by atoms with Crippen LogP contribution < -0.4 is 5.73 Å². The highest BCUT2D eigenvalue weighted by Crippen LogP contribution is 2.45. The lowest BCUT2D eigenvalue weighted by Crippen LogP contribution is -2.55. The molecule has 2 N–H and O–H groups in total. The number of amides is 1. The Bertz CT molecular complexity index is 382. The van der Waals surface area contributed by atoms with Crippen molar-refractivity contribution in [2.45, 2.75) is 58.5 Å². The summed E-state index contributed by atoms with van der Waals surface area (Å²) >= 11 is 0. The van der Waals surface area contributed by atoms with Gasteiger partial charge in [-0.25, -0.2) is 0 Å². The standard InChI is InChI=1S/C17H33N3O/c1-12-15(18)9-8-14(17(12,2)3)16(21)20(5)13-7-6-10-19(4)11-13/h12-15H,6-11,18H2,1-5H3. The van der Waals surface area contributed by atoms with Crippen LogP contribution in [0, 0.1) is 17.3 Å². The molecule has 0 aromatic carbocycles. The maximum atomic E-state index is 13.0. The summed E-state index contributed by atoms with van der Waals surface area (Å²) in [4.78, 5) is 17.4. The molecule has 0 bridgehead atoms. The Morgan fingerprint density at radius 2 is 1.95 bits per heavy atom. The molecule has 1 saturated heterocycles. The van der Waals surface area contributed by atoms with E-state index in [4.69, 9.17) is 5.73 Å². The number of piperidine rings is 1. The van der Waals surface area contributed by atoms with Crippen LogP contribution in [0.25, 0.3) is 0 Å². The van der Waals surface area contributed by atoms with E-state index >= 15 is 0 Å².